The quantitative estimate of drug-likeness (QED) is 0.153. The number of carbonyl (C=O) groups excluding carboxylic acids is 2. The van der Waals surface area contributed by atoms with Gasteiger partial charge in [-0.15, -0.1) is 0 Å². The van der Waals surface area contributed by atoms with E-state index < -0.39 is 23.2 Å². The highest BCUT2D eigenvalue weighted by atomic mass is 35.5. The van der Waals surface area contributed by atoms with Crippen molar-refractivity contribution in [2.24, 2.45) is 0 Å². The van der Waals surface area contributed by atoms with Crippen molar-refractivity contribution in [1.82, 2.24) is 30.6 Å². The number of anilines is 2. The summed E-state index contributed by atoms with van der Waals surface area (Å²) in [6, 6.07) is 1.81. The molecule has 0 saturated heterocycles. The van der Waals surface area contributed by atoms with Crippen LogP contribution in [-0.4, -0.2) is 76.8 Å². The summed E-state index contributed by atoms with van der Waals surface area (Å²) < 4.78 is 0.714. The van der Waals surface area contributed by atoms with Gasteiger partial charge in [-0.3, -0.25) is 20.2 Å². The van der Waals surface area contributed by atoms with E-state index in [1.165, 1.54) is 12.1 Å². The lowest BCUT2D eigenvalue weighted by atomic mass is 10.3. The summed E-state index contributed by atoms with van der Waals surface area (Å²) in [5.74, 6) is 0.212. The largest absolute Gasteiger partial charge is 1.00 e. The lowest BCUT2D eigenvalue weighted by Gasteiger charge is -2.30. The molecule has 2 rings (SSSR count). The van der Waals surface area contributed by atoms with Gasteiger partial charge < -0.3 is 37.5 Å². The minimum absolute atomic E-state index is 0. The molecule has 13 nitrogen and oxygen atoms in total. The number of nitrogens with zero attached hydrogens (tertiary/aromatic N) is 3. The summed E-state index contributed by atoms with van der Waals surface area (Å²) in [5.41, 5.74) is 0.375. The van der Waals surface area contributed by atoms with Gasteiger partial charge in [0.2, 0.25) is 11.9 Å². The van der Waals surface area contributed by atoms with Crippen LogP contribution in [-0.2, 0) is 0 Å². The molecule has 0 aromatic carbocycles. The van der Waals surface area contributed by atoms with Crippen LogP contribution in [0.3, 0.4) is 0 Å². The van der Waals surface area contributed by atoms with Crippen LogP contribution < -0.4 is 44.8 Å². The van der Waals surface area contributed by atoms with Crippen LogP contribution in [0.5, 0.6) is 0 Å². The monoisotopic (exact) mass is 497 g/mol. The summed E-state index contributed by atoms with van der Waals surface area (Å²) in [6.07, 6.45) is 1.50. The molecule has 0 bridgehead atoms. The first-order valence-corrected chi connectivity index (χ1v) is 10.6. The van der Waals surface area contributed by atoms with Gasteiger partial charge in [-0.05, 0) is 13.8 Å². The van der Waals surface area contributed by atoms with Crippen molar-refractivity contribution in [1.29, 1.82) is 0 Å². The lowest BCUT2D eigenvalue weighted by Crippen LogP contribution is -3.00. The zero-order chi connectivity index (χ0) is 24.4. The Bertz CT molecular complexity index is 1000. The Labute approximate surface area is 203 Å². The Morgan fingerprint density at radius 1 is 0.824 bits per heavy atom. The maximum Gasteiger partial charge on any atom is 0.321 e. The van der Waals surface area contributed by atoms with Gasteiger partial charge in [-0.2, -0.15) is 9.97 Å². The highest BCUT2D eigenvalue weighted by Crippen LogP contribution is 2.01. The fourth-order valence-electron chi connectivity index (χ4n) is 3.11. The molecule has 4 amide bonds. The molecule has 0 saturated carbocycles. The number of carbonyl (C=O) groups is 2. The molecular weight excluding hydrogens is 466 g/mol. The van der Waals surface area contributed by atoms with Gasteiger partial charge in [-0.25, -0.2) is 9.59 Å². The number of hydrogen-bond donors (Lipinski definition) is 6. The minimum Gasteiger partial charge on any atom is -1.00 e. The number of aromatic amines is 2. The number of quaternary nitrogens is 1. The molecule has 2 aromatic heterocycles. The van der Waals surface area contributed by atoms with Gasteiger partial charge in [0.05, 0.1) is 27.2 Å². The molecule has 0 aliphatic heterocycles. The Hall–Kier alpha value is -3.45. The molecule has 2 heterocycles. The van der Waals surface area contributed by atoms with Crippen molar-refractivity contribution in [2.45, 2.75) is 26.7 Å². The van der Waals surface area contributed by atoms with Crippen molar-refractivity contribution in [3.8, 4) is 0 Å². The number of aryl methyl sites for hydroxylation is 2. The van der Waals surface area contributed by atoms with Gasteiger partial charge in [0.15, 0.2) is 0 Å². The molecule has 34 heavy (non-hydrogen) atoms. The third-order valence-corrected chi connectivity index (χ3v) is 4.67. The molecule has 0 unspecified atom stereocenters. The third-order valence-electron chi connectivity index (χ3n) is 4.67. The second kappa shape index (κ2) is 13.3. The van der Waals surface area contributed by atoms with Crippen LogP contribution in [0, 0.1) is 13.8 Å². The number of hydrogen-bond acceptors (Lipinski definition) is 6. The molecule has 0 aliphatic carbocycles. The standard InChI is InChI=1S/C20H31N9O4.ClH/c1-13-11-15(30)25-17(23-13)27-19(32)21-7-5-9-29(3,4)10-6-8-22-20(33)28-18-24-14(2)12-16(31)26-18;/h11-12H,5-10H2,1-4H3,(H5-,21,22,23,24,25,26,27,28,30,31,32,33);1H. The van der Waals surface area contributed by atoms with E-state index in [0.717, 1.165) is 25.9 Å². The van der Waals surface area contributed by atoms with E-state index in [-0.39, 0.29) is 24.3 Å². The van der Waals surface area contributed by atoms with E-state index in [2.05, 4.69) is 55.3 Å². The number of rotatable bonds is 10. The SMILES string of the molecule is Cc1cc(=O)nc(NC(=O)NCCC[N+](C)(C)CCCNC(=O)Nc2nc(=O)cc(C)[nH]2)[nH]1.[Cl-]. The first-order valence-electron chi connectivity index (χ1n) is 10.6. The maximum atomic E-state index is 11.9. The Balaban J connectivity index is 0.00000578. The highest BCUT2D eigenvalue weighted by Gasteiger charge is 2.15. The average Bonchev–Trinajstić information content (AvgIpc) is 2.67. The molecule has 6 N–H and O–H groups in total. The molecular formula is C20H32ClN9O4. The van der Waals surface area contributed by atoms with Gasteiger partial charge in [0.25, 0.3) is 11.1 Å². The third kappa shape index (κ3) is 10.9. The van der Waals surface area contributed by atoms with Crippen molar-refractivity contribution >= 4 is 24.0 Å². The normalized spacial score (nSPS) is 10.7. The molecule has 188 valence electrons. The molecule has 0 aliphatic rings. The van der Waals surface area contributed by atoms with Crippen molar-refractivity contribution in [2.75, 3.05) is 50.9 Å². The van der Waals surface area contributed by atoms with Crippen molar-refractivity contribution in [3.63, 3.8) is 0 Å². The number of aromatic nitrogens is 4. The predicted octanol–water partition coefficient (Wildman–Crippen LogP) is -2.73. The van der Waals surface area contributed by atoms with Gasteiger partial charge >= 0.3 is 12.1 Å². The Morgan fingerprint density at radius 2 is 1.21 bits per heavy atom. The fourth-order valence-corrected chi connectivity index (χ4v) is 3.11. The smallest absolute Gasteiger partial charge is 0.321 e. The summed E-state index contributed by atoms with van der Waals surface area (Å²) in [7, 11) is 4.14. The predicted molar refractivity (Wildman–Crippen MR) is 124 cm³/mol. The minimum atomic E-state index is -0.436. The van der Waals surface area contributed by atoms with Crippen LogP contribution in [0.2, 0.25) is 0 Å². The summed E-state index contributed by atoms with van der Waals surface area (Å²) >= 11 is 0. The number of urea groups is 2. The van der Waals surface area contributed by atoms with E-state index in [1.54, 1.807) is 13.8 Å². The number of nitrogens with one attached hydrogen (secondary N) is 6. The summed E-state index contributed by atoms with van der Waals surface area (Å²) in [5, 5.41) is 10.5. The average molecular weight is 498 g/mol. The lowest BCUT2D eigenvalue weighted by molar-refractivity contribution is -0.890. The van der Waals surface area contributed by atoms with E-state index >= 15 is 0 Å². The second-order valence-corrected chi connectivity index (χ2v) is 8.35. The van der Waals surface area contributed by atoms with E-state index in [1.807, 2.05) is 0 Å². The molecule has 2 aromatic rings. The number of halogens is 1. The van der Waals surface area contributed by atoms with Crippen LogP contribution in [0.1, 0.15) is 24.2 Å². The summed E-state index contributed by atoms with van der Waals surface area (Å²) in [6.45, 7) is 5.98. The fraction of sp³-hybridized carbons (Fsp3) is 0.500. The molecule has 0 radical (unpaired) electrons. The van der Waals surface area contributed by atoms with Crippen molar-refractivity contribution < 1.29 is 26.5 Å². The molecule has 0 spiro atoms. The maximum absolute atomic E-state index is 11.9. The van der Waals surface area contributed by atoms with Gasteiger partial charge in [-0.1, -0.05) is 0 Å². The van der Waals surface area contributed by atoms with Crippen LogP contribution >= 0.6 is 0 Å². The van der Waals surface area contributed by atoms with E-state index in [0.29, 0.717) is 29.0 Å². The second-order valence-electron chi connectivity index (χ2n) is 8.35. The van der Waals surface area contributed by atoms with E-state index in [9.17, 15) is 19.2 Å². The Morgan fingerprint density at radius 3 is 1.56 bits per heavy atom. The highest BCUT2D eigenvalue weighted by molar-refractivity contribution is 5.87. The Kier molecular flexibility index (Phi) is 11.2. The van der Waals surface area contributed by atoms with Crippen LogP contribution in [0.4, 0.5) is 21.5 Å². The van der Waals surface area contributed by atoms with Gasteiger partial charge in [0, 0.05) is 49.5 Å². The first kappa shape index (κ1) is 28.6. The number of H-pyrrole nitrogens is 2. The summed E-state index contributed by atoms with van der Waals surface area (Å²) in [4.78, 5) is 59.6. The van der Waals surface area contributed by atoms with Crippen LogP contribution in [0.25, 0.3) is 0 Å². The molecule has 0 atom stereocenters. The topological polar surface area (TPSA) is 174 Å². The molecule has 0 fully saturated rings. The van der Waals surface area contributed by atoms with Crippen LogP contribution in [0.15, 0.2) is 21.7 Å². The first-order chi connectivity index (χ1) is 15.5. The zero-order valence-electron chi connectivity index (χ0n) is 19.7. The zero-order valence-corrected chi connectivity index (χ0v) is 20.5. The van der Waals surface area contributed by atoms with Crippen molar-refractivity contribution in [3.05, 3.63) is 44.2 Å². The van der Waals surface area contributed by atoms with Gasteiger partial charge in [0.1, 0.15) is 0 Å². The molecule has 14 heteroatoms. The number of amides is 4. The van der Waals surface area contributed by atoms with E-state index in [4.69, 9.17) is 0 Å².